The number of hydrogen-bond donors (Lipinski definition) is 5. The predicted molar refractivity (Wildman–Crippen MR) is 172 cm³/mol. The van der Waals surface area contributed by atoms with Crippen LogP contribution in [0.2, 0.25) is 0 Å². The number of carbonyl (C=O) groups excluding carboxylic acids is 2. The molecule has 17 atom stereocenters. The molecule has 15 nitrogen and oxygen atoms in total. The van der Waals surface area contributed by atoms with Crippen LogP contribution in [0.1, 0.15) is 52.0 Å². The summed E-state index contributed by atoms with van der Waals surface area (Å²) in [6, 6.07) is 9.45. The van der Waals surface area contributed by atoms with Crippen molar-refractivity contribution >= 4 is 18.0 Å². The Morgan fingerprint density at radius 3 is 2.24 bits per heavy atom. The summed E-state index contributed by atoms with van der Waals surface area (Å²) in [6.45, 7) is 5.63. The first-order valence-electron chi connectivity index (χ1n) is 17.8. The van der Waals surface area contributed by atoms with Gasteiger partial charge in [-0.2, -0.15) is 0 Å². The van der Waals surface area contributed by atoms with Crippen LogP contribution in [0.25, 0.3) is 6.08 Å². The third kappa shape index (κ3) is 6.87. The second-order valence-electron chi connectivity index (χ2n) is 14.8. The standard InChI is InChI=1S/C36H48O15/c1-17-15-44-36(14-24(17)48-25(37)12-9-20-7-5-4-6-8-20)35(16-45-35)22-11-10-21(13-23(22)51-36)32(43)50-34-31(29(41)27(39)19(3)47-34)49-33-30(42)28(40)26(38)18(2)46-33/h4-9,12,17-19,21-24,26-31,33-34,38-42H,10-11,13-16H2,1-3H3/b12-9+. The molecule has 17 unspecified atom stereocenters. The minimum atomic E-state index is -1.70. The number of epoxide rings is 1. The third-order valence-electron chi connectivity index (χ3n) is 11.4. The number of aliphatic hydroxyl groups excluding tert-OH is 5. The van der Waals surface area contributed by atoms with Crippen LogP contribution in [-0.2, 0) is 47.5 Å². The SMILES string of the molecule is CC1COC2(CC1OC(=O)/C=C/c1ccccc1)OC1CC(C(=O)OC3OC(C)C(O)C(O)C3OC3OC(C)C(O)C(O)C3O)CCC1C21CO1. The van der Waals surface area contributed by atoms with E-state index in [9.17, 15) is 35.1 Å². The molecule has 282 valence electrons. The summed E-state index contributed by atoms with van der Waals surface area (Å²) in [5.74, 6) is -3.05. The van der Waals surface area contributed by atoms with Gasteiger partial charge in [-0.3, -0.25) is 4.79 Å². The molecule has 5 saturated heterocycles. The van der Waals surface area contributed by atoms with Crippen molar-refractivity contribution in [1.82, 2.24) is 0 Å². The number of fused-ring (bicyclic) bond motifs is 3. The molecule has 0 amide bonds. The Morgan fingerprint density at radius 2 is 1.53 bits per heavy atom. The molecule has 5 aliphatic heterocycles. The zero-order chi connectivity index (χ0) is 36.2. The fourth-order valence-electron chi connectivity index (χ4n) is 8.23. The molecular weight excluding hydrogens is 672 g/mol. The van der Waals surface area contributed by atoms with Gasteiger partial charge in [0.05, 0.1) is 37.4 Å². The van der Waals surface area contributed by atoms with Crippen molar-refractivity contribution in [3.8, 4) is 0 Å². The lowest BCUT2D eigenvalue weighted by Crippen LogP contribution is -2.63. The minimum absolute atomic E-state index is 0.0722. The molecule has 1 saturated carbocycles. The molecule has 1 aromatic rings. The molecule has 15 heteroatoms. The van der Waals surface area contributed by atoms with E-state index in [4.69, 9.17) is 37.9 Å². The first-order valence-corrected chi connectivity index (χ1v) is 17.8. The van der Waals surface area contributed by atoms with Crippen molar-refractivity contribution in [3.63, 3.8) is 0 Å². The maximum absolute atomic E-state index is 13.7. The van der Waals surface area contributed by atoms with Crippen molar-refractivity contribution in [1.29, 1.82) is 0 Å². The van der Waals surface area contributed by atoms with Gasteiger partial charge in [-0.05, 0) is 44.7 Å². The minimum Gasteiger partial charge on any atom is -0.459 e. The predicted octanol–water partition coefficient (Wildman–Crippen LogP) is 0.171. The quantitative estimate of drug-likeness (QED) is 0.144. The zero-order valence-electron chi connectivity index (χ0n) is 28.8. The highest BCUT2D eigenvalue weighted by Crippen LogP contribution is 2.62. The summed E-state index contributed by atoms with van der Waals surface area (Å²) in [5, 5.41) is 52.3. The van der Waals surface area contributed by atoms with Crippen LogP contribution in [0.5, 0.6) is 0 Å². The van der Waals surface area contributed by atoms with Gasteiger partial charge in [0.25, 0.3) is 0 Å². The van der Waals surface area contributed by atoms with Gasteiger partial charge in [-0.15, -0.1) is 0 Å². The summed E-state index contributed by atoms with van der Waals surface area (Å²) in [6.07, 6.45) is -10.4. The lowest BCUT2D eigenvalue weighted by Gasteiger charge is -2.45. The van der Waals surface area contributed by atoms with E-state index in [0.717, 1.165) is 5.56 Å². The molecule has 0 bridgehead atoms. The Balaban J connectivity index is 1.00. The zero-order valence-corrected chi connectivity index (χ0v) is 28.8. The van der Waals surface area contributed by atoms with E-state index in [1.807, 2.05) is 37.3 Å². The van der Waals surface area contributed by atoms with Crippen LogP contribution in [0.3, 0.4) is 0 Å². The number of aliphatic hydroxyl groups is 5. The summed E-state index contributed by atoms with van der Waals surface area (Å²) >= 11 is 0. The van der Waals surface area contributed by atoms with Gasteiger partial charge in [0, 0.05) is 24.3 Å². The molecule has 51 heavy (non-hydrogen) atoms. The Labute approximate surface area is 295 Å². The summed E-state index contributed by atoms with van der Waals surface area (Å²) in [4.78, 5) is 26.5. The first kappa shape index (κ1) is 36.8. The molecule has 5 heterocycles. The monoisotopic (exact) mass is 720 g/mol. The van der Waals surface area contributed by atoms with Crippen LogP contribution < -0.4 is 0 Å². The molecule has 7 rings (SSSR count). The second kappa shape index (κ2) is 14.4. The maximum atomic E-state index is 13.7. The van der Waals surface area contributed by atoms with Crippen molar-refractivity contribution in [2.45, 2.75) is 131 Å². The second-order valence-corrected chi connectivity index (χ2v) is 14.8. The molecular formula is C36H48O15. The van der Waals surface area contributed by atoms with Crippen LogP contribution in [0.15, 0.2) is 36.4 Å². The van der Waals surface area contributed by atoms with Gasteiger partial charge in [0.1, 0.15) is 36.6 Å². The summed E-state index contributed by atoms with van der Waals surface area (Å²) in [7, 11) is 0. The van der Waals surface area contributed by atoms with Crippen molar-refractivity contribution in [2.24, 2.45) is 17.8 Å². The average molecular weight is 721 g/mol. The largest absolute Gasteiger partial charge is 0.459 e. The fraction of sp³-hybridized carbons (Fsp3) is 0.722. The Hall–Kier alpha value is -2.54. The molecule has 0 radical (unpaired) electrons. The Bertz CT molecular complexity index is 1440. The van der Waals surface area contributed by atoms with Gasteiger partial charge in [-0.1, -0.05) is 37.3 Å². The van der Waals surface area contributed by atoms with E-state index in [0.29, 0.717) is 19.4 Å². The van der Waals surface area contributed by atoms with E-state index in [1.165, 1.54) is 19.9 Å². The van der Waals surface area contributed by atoms with E-state index in [-0.39, 0.29) is 31.3 Å². The van der Waals surface area contributed by atoms with Crippen molar-refractivity contribution < 1.29 is 73.0 Å². The lowest BCUT2D eigenvalue weighted by molar-refractivity contribution is -0.357. The summed E-state index contributed by atoms with van der Waals surface area (Å²) in [5.41, 5.74) is 0.148. The smallest absolute Gasteiger partial charge is 0.331 e. The molecule has 6 fully saturated rings. The van der Waals surface area contributed by atoms with E-state index < -0.39 is 103 Å². The van der Waals surface area contributed by atoms with Crippen LogP contribution in [-0.4, -0.2) is 136 Å². The van der Waals surface area contributed by atoms with Crippen LogP contribution >= 0.6 is 0 Å². The van der Waals surface area contributed by atoms with Crippen molar-refractivity contribution in [3.05, 3.63) is 42.0 Å². The molecule has 6 aliphatic rings. The molecule has 2 spiro atoms. The highest BCUT2D eigenvalue weighted by atomic mass is 16.8. The number of carbonyl (C=O) groups is 2. The Morgan fingerprint density at radius 1 is 0.843 bits per heavy atom. The van der Waals surface area contributed by atoms with Gasteiger partial charge >= 0.3 is 11.9 Å². The van der Waals surface area contributed by atoms with E-state index >= 15 is 0 Å². The van der Waals surface area contributed by atoms with Gasteiger partial charge in [-0.25, -0.2) is 4.79 Å². The highest BCUT2D eigenvalue weighted by Gasteiger charge is 2.76. The van der Waals surface area contributed by atoms with Crippen LogP contribution in [0, 0.1) is 17.8 Å². The van der Waals surface area contributed by atoms with Gasteiger partial charge in [0.2, 0.25) is 12.1 Å². The number of esters is 2. The van der Waals surface area contributed by atoms with Crippen LogP contribution in [0.4, 0.5) is 0 Å². The number of ether oxygens (including phenoxy) is 8. The van der Waals surface area contributed by atoms with E-state index in [1.54, 1.807) is 6.08 Å². The van der Waals surface area contributed by atoms with Gasteiger partial charge < -0.3 is 63.4 Å². The first-order chi connectivity index (χ1) is 24.3. The number of benzene rings is 1. The maximum Gasteiger partial charge on any atom is 0.331 e. The molecule has 1 aromatic carbocycles. The fourth-order valence-corrected chi connectivity index (χ4v) is 8.23. The number of rotatable bonds is 7. The topological polar surface area (TPSA) is 212 Å². The lowest BCUT2D eigenvalue weighted by atomic mass is 9.72. The average Bonchev–Trinajstić information content (AvgIpc) is 3.89. The Kier molecular flexibility index (Phi) is 10.4. The van der Waals surface area contributed by atoms with Gasteiger partial charge in [0.15, 0.2) is 18.0 Å². The normalized spacial score (nSPS) is 48.0. The molecule has 5 N–H and O–H groups in total. The molecule has 1 aliphatic carbocycles. The molecule has 0 aromatic heterocycles. The van der Waals surface area contributed by atoms with Crippen molar-refractivity contribution in [2.75, 3.05) is 13.2 Å². The highest BCUT2D eigenvalue weighted by molar-refractivity contribution is 5.87. The third-order valence-corrected chi connectivity index (χ3v) is 11.4. The summed E-state index contributed by atoms with van der Waals surface area (Å²) < 4.78 is 47.9. The number of hydrogen-bond acceptors (Lipinski definition) is 15. The van der Waals surface area contributed by atoms with E-state index in [2.05, 4.69) is 0 Å².